The number of benzene rings is 1. The molecule has 1 aromatic heterocycles. The Hall–Kier alpha value is -1.75. The van der Waals surface area contributed by atoms with E-state index < -0.39 is 11.6 Å². The molecule has 0 fully saturated rings. The van der Waals surface area contributed by atoms with E-state index in [-0.39, 0.29) is 0 Å². The van der Waals surface area contributed by atoms with Gasteiger partial charge in [-0.25, -0.2) is 8.78 Å². The van der Waals surface area contributed by atoms with Crippen molar-refractivity contribution in [3.63, 3.8) is 0 Å². The van der Waals surface area contributed by atoms with Crippen molar-refractivity contribution in [1.82, 2.24) is 15.5 Å². The lowest BCUT2D eigenvalue weighted by Gasteiger charge is -2.04. The van der Waals surface area contributed by atoms with Gasteiger partial charge in [-0.15, -0.1) is 0 Å². The third kappa shape index (κ3) is 2.19. The van der Waals surface area contributed by atoms with Crippen LogP contribution in [0.5, 0.6) is 0 Å². The summed E-state index contributed by atoms with van der Waals surface area (Å²) in [5.41, 5.74) is 3.07. The van der Waals surface area contributed by atoms with Gasteiger partial charge in [-0.1, -0.05) is 6.07 Å². The molecule has 0 aliphatic heterocycles. The number of nitrogens with zero attached hydrogens (tertiary/aromatic N) is 1. The van der Waals surface area contributed by atoms with Gasteiger partial charge in [0.1, 0.15) is 0 Å². The predicted octanol–water partition coefficient (Wildman–Crippen LogP) is 2.38. The maximum atomic E-state index is 13.2. The van der Waals surface area contributed by atoms with Crippen molar-refractivity contribution in [1.29, 1.82) is 0 Å². The highest BCUT2D eigenvalue weighted by Gasteiger charge is 2.13. The van der Waals surface area contributed by atoms with Crippen molar-refractivity contribution >= 4 is 0 Å². The van der Waals surface area contributed by atoms with Crippen LogP contribution < -0.4 is 5.32 Å². The van der Waals surface area contributed by atoms with E-state index in [1.54, 1.807) is 13.1 Å². The molecule has 0 atom stereocenters. The van der Waals surface area contributed by atoms with Crippen molar-refractivity contribution in [2.24, 2.45) is 0 Å². The minimum absolute atomic E-state index is 0.568. The van der Waals surface area contributed by atoms with Crippen LogP contribution in [0, 0.1) is 18.6 Å². The van der Waals surface area contributed by atoms with E-state index in [1.807, 2.05) is 6.92 Å². The van der Waals surface area contributed by atoms with Gasteiger partial charge in [0.15, 0.2) is 11.6 Å². The molecule has 0 amide bonds. The number of hydrogen-bond acceptors (Lipinski definition) is 2. The number of hydrogen-bond donors (Lipinski definition) is 2. The van der Waals surface area contributed by atoms with Crippen molar-refractivity contribution in [3.8, 4) is 11.1 Å². The van der Waals surface area contributed by atoms with Gasteiger partial charge in [-0.2, -0.15) is 5.10 Å². The summed E-state index contributed by atoms with van der Waals surface area (Å²) in [6, 6.07) is 3.86. The van der Waals surface area contributed by atoms with Crippen molar-refractivity contribution < 1.29 is 8.78 Å². The number of nitrogens with one attached hydrogen (secondary N) is 2. The summed E-state index contributed by atoms with van der Waals surface area (Å²) in [5.74, 6) is -1.69. The van der Waals surface area contributed by atoms with Crippen LogP contribution >= 0.6 is 0 Å². The number of H-pyrrole nitrogens is 1. The minimum atomic E-state index is -0.849. The molecule has 0 unspecified atom stereocenters. The Morgan fingerprint density at radius 3 is 2.71 bits per heavy atom. The Kier molecular flexibility index (Phi) is 3.19. The first kappa shape index (κ1) is 11.7. The van der Waals surface area contributed by atoms with Gasteiger partial charge < -0.3 is 5.32 Å². The number of halogens is 2. The third-order valence-corrected chi connectivity index (χ3v) is 2.57. The Morgan fingerprint density at radius 2 is 2.06 bits per heavy atom. The Morgan fingerprint density at radius 1 is 1.29 bits per heavy atom. The molecule has 17 heavy (non-hydrogen) atoms. The monoisotopic (exact) mass is 237 g/mol. The predicted molar refractivity (Wildman–Crippen MR) is 61.4 cm³/mol. The normalized spacial score (nSPS) is 10.8. The Balaban J connectivity index is 2.51. The molecule has 0 bridgehead atoms. The van der Waals surface area contributed by atoms with E-state index in [1.165, 1.54) is 6.07 Å². The van der Waals surface area contributed by atoms with Gasteiger partial charge >= 0.3 is 0 Å². The zero-order valence-corrected chi connectivity index (χ0v) is 9.64. The fraction of sp³-hybridized carbons (Fsp3) is 0.250. The van der Waals surface area contributed by atoms with Crippen LogP contribution in [0.3, 0.4) is 0 Å². The van der Waals surface area contributed by atoms with Crippen LogP contribution in [0.4, 0.5) is 8.78 Å². The average Bonchev–Trinajstić information content (AvgIpc) is 2.65. The smallest absolute Gasteiger partial charge is 0.159 e. The van der Waals surface area contributed by atoms with E-state index in [2.05, 4.69) is 15.5 Å². The summed E-state index contributed by atoms with van der Waals surface area (Å²) in [7, 11) is 1.80. The van der Waals surface area contributed by atoms with Crippen molar-refractivity contribution in [2.75, 3.05) is 7.05 Å². The Bertz CT molecular complexity index is 535. The second-order valence-electron chi connectivity index (χ2n) is 3.83. The molecule has 2 N–H and O–H groups in total. The number of rotatable bonds is 3. The van der Waals surface area contributed by atoms with Crippen LogP contribution in [0.2, 0.25) is 0 Å². The molecule has 5 heteroatoms. The minimum Gasteiger partial charge on any atom is -0.314 e. The maximum Gasteiger partial charge on any atom is 0.159 e. The van der Waals surface area contributed by atoms with E-state index in [0.29, 0.717) is 12.1 Å². The first-order valence-electron chi connectivity index (χ1n) is 5.27. The summed E-state index contributed by atoms with van der Waals surface area (Å²) in [6.07, 6.45) is 0. The summed E-state index contributed by atoms with van der Waals surface area (Å²) < 4.78 is 26.1. The topological polar surface area (TPSA) is 40.7 Å². The molecule has 0 spiro atoms. The highest BCUT2D eigenvalue weighted by molar-refractivity contribution is 5.68. The second-order valence-corrected chi connectivity index (χ2v) is 3.83. The van der Waals surface area contributed by atoms with E-state index >= 15 is 0 Å². The first-order chi connectivity index (χ1) is 8.13. The van der Waals surface area contributed by atoms with Crippen LogP contribution in [0.25, 0.3) is 11.1 Å². The van der Waals surface area contributed by atoms with Gasteiger partial charge in [0.25, 0.3) is 0 Å². The second kappa shape index (κ2) is 4.63. The Labute approximate surface area is 97.9 Å². The van der Waals surface area contributed by atoms with Crippen LogP contribution in [-0.2, 0) is 6.54 Å². The molecule has 1 aromatic carbocycles. The fourth-order valence-corrected chi connectivity index (χ4v) is 1.81. The number of aryl methyl sites for hydroxylation is 1. The van der Waals surface area contributed by atoms with Gasteiger partial charge in [-0.3, -0.25) is 5.10 Å². The van der Waals surface area contributed by atoms with Crippen LogP contribution in [0.15, 0.2) is 18.2 Å². The lowest BCUT2D eigenvalue weighted by molar-refractivity contribution is 0.509. The van der Waals surface area contributed by atoms with Gasteiger partial charge in [0.2, 0.25) is 0 Å². The molecule has 0 saturated carbocycles. The van der Waals surface area contributed by atoms with Crippen LogP contribution in [-0.4, -0.2) is 17.2 Å². The maximum absolute atomic E-state index is 13.2. The molecule has 1 heterocycles. The van der Waals surface area contributed by atoms with Gasteiger partial charge in [0, 0.05) is 17.8 Å². The molecular weight excluding hydrogens is 224 g/mol. The summed E-state index contributed by atoms with van der Waals surface area (Å²) in [5, 5.41) is 9.96. The fourth-order valence-electron chi connectivity index (χ4n) is 1.81. The molecular formula is C12H13F2N3. The zero-order valence-electron chi connectivity index (χ0n) is 9.64. The molecule has 90 valence electrons. The van der Waals surface area contributed by atoms with Gasteiger partial charge in [-0.05, 0) is 31.7 Å². The lowest BCUT2D eigenvalue weighted by atomic mass is 10.0. The van der Waals surface area contributed by atoms with E-state index in [4.69, 9.17) is 0 Å². The SMILES string of the molecule is CNCc1n[nH]c(C)c1-c1ccc(F)c(F)c1. The standard InChI is InChI=1S/C12H13F2N3/c1-7-12(11(6-15-2)17-16-7)8-3-4-9(13)10(14)5-8/h3-5,15H,6H2,1-2H3,(H,16,17). The molecule has 0 aliphatic rings. The van der Waals surface area contributed by atoms with E-state index in [9.17, 15) is 8.78 Å². The molecule has 2 aromatic rings. The molecule has 0 radical (unpaired) electrons. The summed E-state index contributed by atoms with van der Waals surface area (Å²) in [4.78, 5) is 0. The highest BCUT2D eigenvalue weighted by atomic mass is 19.2. The summed E-state index contributed by atoms with van der Waals surface area (Å²) >= 11 is 0. The summed E-state index contributed by atoms with van der Waals surface area (Å²) in [6.45, 7) is 2.42. The lowest BCUT2D eigenvalue weighted by Crippen LogP contribution is -2.06. The number of aromatic amines is 1. The molecule has 2 rings (SSSR count). The third-order valence-electron chi connectivity index (χ3n) is 2.57. The molecule has 0 aliphatic carbocycles. The largest absolute Gasteiger partial charge is 0.314 e. The molecule has 3 nitrogen and oxygen atoms in total. The zero-order chi connectivity index (χ0) is 12.4. The van der Waals surface area contributed by atoms with Crippen molar-refractivity contribution in [3.05, 3.63) is 41.2 Å². The van der Waals surface area contributed by atoms with Crippen molar-refractivity contribution in [2.45, 2.75) is 13.5 Å². The number of aromatic nitrogens is 2. The van der Waals surface area contributed by atoms with Gasteiger partial charge in [0.05, 0.1) is 5.69 Å². The quantitative estimate of drug-likeness (QED) is 0.860. The highest BCUT2D eigenvalue weighted by Crippen LogP contribution is 2.26. The first-order valence-corrected chi connectivity index (χ1v) is 5.27. The van der Waals surface area contributed by atoms with E-state index in [0.717, 1.165) is 23.0 Å². The van der Waals surface area contributed by atoms with Crippen LogP contribution in [0.1, 0.15) is 11.4 Å². The average molecular weight is 237 g/mol. The molecule has 0 saturated heterocycles.